The fourth-order valence-electron chi connectivity index (χ4n) is 19.7. The zero-order valence-corrected chi connectivity index (χ0v) is 66.5. The van der Waals surface area contributed by atoms with E-state index in [4.69, 9.17) is 0 Å². The molecule has 540 valence electrons. The first-order valence-corrected chi connectivity index (χ1v) is 46.0. The lowest BCUT2D eigenvalue weighted by molar-refractivity contribution is 1.16. The van der Waals surface area contributed by atoms with Gasteiger partial charge in [0.25, 0.3) is 6.71 Å². The average molecular weight is 1510 g/mol. The summed E-state index contributed by atoms with van der Waals surface area (Å²) in [4.78, 5) is 5.43. The zero-order valence-electron chi connectivity index (χ0n) is 63.5. The molecule has 1 aromatic heterocycles. The molecule has 0 radical (unpaired) electrons. The number of rotatable bonds is 17. The Morgan fingerprint density at radius 3 is 0.817 bits per heavy atom. The minimum absolute atomic E-state index is 0.252. The van der Waals surface area contributed by atoms with Gasteiger partial charge in [-0.1, -0.05) is 413 Å². The monoisotopic (exact) mass is 1510 g/mol. The summed E-state index contributed by atoms with van der Waals surface area (Å²) < 4.78 is 2.56. The Labute approximate surface area is 676 Å². The van der Waals surface area contributed by atoms with Crippen LogP contribution >= 0.6 is 0 Å². The van der Waals surface area contributed by atoms with Gasteiger partial charge in [0.15, 0.2) is 24.2 Å². The minimum Gasteiger partial charge on any atom is -0.311 e. The molecule has 21 rings (SSSR count). The lowest BCUT2D eigenvalue weighted by Gasteiger charge is -2.46. The van der Waals surface area contributed by atoms with Gasteiger partial charge in [-0.3, -0.25) is 0 Å². The van der Waals surface area contributed by atoms with Crippen molar-refractivity contribution in [3.05, 3.63) is 473 Å². The van der Waals surface area contributed by atoms with E-state index in [0.29, 0.717) is 0 Å². The fourth-order valence-corrected chi connectivity index (χ4v) is 34.1. The van der Waals surface area contributed by atoms with Crippen LogP contribution in [0.3, 0.4) is 0 Å². The summed E-state index contributed by atoms with van der Waals surface area (Å²) in [5.41, 5.74) is 18.3. The predicted molar refractivity (Wildman–Crippen MR) is 497 cm³/mol. The topological polar surface area (TPSA) is 11.4 Å². The van der Waals surface area contributed by atoms with Crippen LogP contribution in [0.2, 0.25) is 0 Å². The molecule has 3 nitrogen and oxygen atoms in total. The van der Waals surface area contributed by atoms with Crippen molar-refractivity contribution in [2.75, 3.05) is 9.80 Å². The molecular weight excluding hydrogens is 1430 g/mol. The van der Waals surface area contributed by atoms with Crippen LogP contribution in [0, 0.1) is 0 Å². The van der Waals surface area contributed by atoms with E-state index in [9.17, 15) is 0 Å². The molecule has 0 atom stereocenters. The Morgan fingerprint density at radius 2 is 0.461 bits per heavy atom. The molecule has 0 aliphatic carbocycles. The highest BCUT2D eigenvalue weighted by Gasteiger charge is 2.50. The maximum absolute atomic E-state index is 3.31. The van der Waals surface area contributed by atoms with Crippen molar-refractivity contribution in [2.45, 2.75) is 0 Å². The van der Waals surface area contributed by atoms with Crippen LogP contribution in [0.4, 0.5) is 34.1 Å². The van der Waals surface area contributed by atoms with E-state index in [2.05, 4.69) is 488 Å². The number of aromatic nitrogens is 1. The first-order valence-electron chi connectivity index (χ1n) is 40.0. The summed E-state index contributed by atoms with van der Waals surface area (Å²) in [5, 5.41) is 18.1. The SMILES string of the molecule is c1ccc(-c2cc(N3c4ccccc4B4c5ccc([Si](c6ccccc6)(c6ccccc6)c6ccccc6)cc5N(c5cc(-c6ccccc6)cc([Si](c6ccccc6)(c6ccccc6)c6ccccc6)c5)c5cc(-n6c7ccccc7c7ccccc76)cc3c54)cc([Si](c3ccccc3)(c3ccccc3)c3ccccc3)c2)cc1. The van der Waals surface area contributed by atoms with Gasteiger partial charge in [-0.15, -0.1) is 0 Å². The van der Waals surface area contributed by atoms with Gasteiger partial charge in [0, 0.05) is 44.9 Å². The number of anilines is 6. The van der Waals surface area contributed by atoms with E-state index >= 15 is 0 Å². The Kier molecular flexibility index (Phi) is 17.4. The van der Waals surface area contributed by atoms with Gasteiger partial charge in [0.05, 0.1) is 16.7 Å². The fraction of sp³-hybridized carbons (Fsp3) is 0. The molecule has 0 saturated heterocycles. The third-order valence-corrected chi connectivity index (χ3v) is 38.8. The maximum atomic E-state index is 2.75. The molecule has 7 heteroatoms. The highest BCUT2D eigenvalue weighted by molar-refractivity contribution is 7.21. The number of nitrogens with zero attached hydrogens (tertiary/aromatic N) is 3. The van der Waals surface area contributed by atoms with E-state index in [1.54, 1.807) is 0 Å². The molecule has 115 heavy (non-hydrogen) atoms. The van der Waals surface area contributed by atoms with Gasteiger partial charge in [-0.05, 0) is 162 Å². The molecule has 0 fully saturated rings. The molecule has 2 aliphatic rings. The first kappa shape index (κ1) is 69.1. The number of fused-ring (bicyclic) bond motifs is 7. The van der Waals surface area contributed by atoms with Crippen molar-refractivity contribution in [1.29, 1.82) is 0 Å². The predicted octanol–water partition coefficient (Wildman–Crippen LogP) is 16.3. The first-order chi connectivity index (χ1) is 57.1. The van der Waals surface area contributed by atoms with Crippen molar-refractivity contribution >= 4 is 165 Å². The second-order valence-corrected chi connectivity index (χ2v) is 41.9. The smallest absolute Gasteiger partial charge is 0.252 e. The van der Waals surface area contributed by atoms with Gasteiger partial charge in [-0.25, -0.2) is 0 Å². The van der Waals surface area contributed by atoms with Crippen LogP contribution in [-0.4, -0.2) is 35.5 Å². The Morgan fingerprint density at radius 1 is 0.174 bits per heavy atom. The summed E-state index contributed by atoms with van der Waals surface area (Å²) in [6.45, 7) is -0.252. The Bertz CT molecular complexity index is 6420. The second-order valence-electron chi connectivity index (χ2n) is 30.5. The van der Waals surface area contributed by atoms with E-state index < -0.39 is 24.2 Å². The van der Waals surface area contributed by atoms with E-state index in [-0.39, 0.29) is 6.71 Å². The van der Waals surface area contributed by atoms with Gasteiger partial charge in [0.2, 0.25) is 0 Å². The summed E-state index contributed by atoms with van der Waals surface area (Å²) in [5.74, 6) is 0. The number of hydrogen-bond acceptors (Lipinski definition) is 2. The third kappa shape index (κ3) is 11.3. The Hall–Kier alpha value is -13.9. The highest BCUT2D eigenvalue weighted by atomic mass is 28.3. The number of hydrogen-bond donors (Lipinski definition) is 0. The molecule has 0 spiro atoms. The molecule has 0 amide bonds. The largest absolute Gasteiger partial charge is 0.311 e. The molecule has 2 aliphatic heterocycles. The molecule has 18 aromatic carbocycles. The van der Waals surface area contributed by atoms with Gasteiger partial charge >= 0.3 is 0 Å². The standard InChI is InChI=1S/C108H78BN3Si3/c1-12-40-79(41-13-1)81-70-83(74-96(72-81)114(89-50-22-6-23-51-89,90-52-24-7-25-53-90)91-54-26-8-27-55-91)111-104-67-39-36-64-100(104)109-101-69-68-95(113(86-44-16-3-17-45-86,87-46-18-4-19-47-87)88-48-20-5-21-49-88)78-105(101)112(107-77-85(76-106(111)108(107)109)110-102-65-37-34-62-98(102)99-63-35-38-66-103(99)110)84-71-82(80-42-14-2-15-43-80)73-97(75-84)115(92-56-28-9-29-57-92,93-58-30-10-31-59-93)94-60-32-11-33-61-94/h1-78H. The molecular formula is C108H78BN3Si3. The minimum atomic E-state index is -3.31. The molecule has 3 heterocycles. The molecule has 19 aromatic rings. The summed E-state index contributed by atoms with van der Waals surface area (Å²) in [6, 6.07) is 181. The van der Waals surface area contributed by atoms with Crippen LogP contribution in [0.1, 0.15) is 0 Å². The maximum Gasteiger partial charge on any atom is 0.252 e. The normalized spacial score (nSPS) is 12.5. The average Bonchev–Trinajstić information content (AvgIpc) is 1.22. The summed E-state index contributed by atoms with van der Waals surface area (Å²) >= 11 is 0. The van der Waals surface area contributed by atoms with Crippen molar-refractivity contribution < 1.29 is 0 Å². The Balaban J connectivity index is 0.943. The zero-order chi connectivity index (χ0) is 76.3. The van der Waals surface area contributed by atoms with Crippen molar-refractivity contribution in [3.8, 4) is 27.9 Å². The van der Waals surface area contributed by atoms with Crippen LogP contribution in [0.5, 0.6) is 0 Å². The highest BCUT2D eigenvalue weighted by Crippen LogP contribution is 2.48. The summed E-state index contributed by atoms with van der Waals surface area (Å²) in [6.07, 6.45) is 0. The van der Waals surface area contributed by atoms with Crippen LogP contribution in [-0.2, 0) is 0 Å². The molecule has 0 unspecified atom stereocenters. The van der Waals surface area contributed by atoms with Crippen molar-refractivity contribution in [3.63, 3.8) is 0 Å². The van der Waals surface area contributed by atoms with E-state index in [1.165, 1.54) is 89.4 Å². The van der Waals surface area contributed by atoms with Crippen LogP contribution in [0.15, 0.2) is 473 Å². The lowest BCUT2D eigenvalue weighted by atomic mass is 9.33. The number of para-hydroxylation sites is 3. The van der Waals surface area contributed by atoms with Gasteiger partial charge < -0.3 is 14.4 Å². The van der Waals surface area contributed by atoms with E-state index in [1.807, 2.05) is 0 Å². The molecule has 0 bridgehead atoms. The lowest BCUT2D eigenvalue weighted by Crippen LogP contribution is -2.75. The van der Waals surface area contributed by atoms with Gasteiger partial charge in [-0.2, -0.15) is 0 Å². The van der Waals surface area contributed by atoms with Crippen LogP contribution in [0.25, 0.3) is 49.7 Å². The summed E-state index contributed by atoms with van der Waals surface area (Å²) in [7, 11) is -9.79. The molecule has 0 N–H and O–H groups in total. The van der Waals surface area contributed by atoms with E-state index in [0.717, 1.165) is 73.1 Å². The quantitative estimate of drug-likeness (QED) is 0.0665. The number of benzene rings is 18. The van der Waals surface area contributed by atoms with Crippen LogP contribution < -0.4 is 88.4 Å². The van der Waals surface area contributed by atoms with Crippen molar-refractivity contribution in [1.82, 2.24) is 4.57 Å². The third-order valence-electron chi connectivity index (χ3n) is 24.5. The molecule has 0 saturated carbocycles. The second kappa shape index (κ2) is 29.0. The van der Waals surface area contributed by atoms with Gasteiger partial charge in [0.1, 0.15) is 0 Å². The van der Waals surface area contributed by atoms with Crippen molar-refractivity contribution in [2.24, 2.45) is 0 Å².